The summed E-state index contributed by atoms with van der Waals surface area (Å²) in [5, 5.41) is 12.4. The van der Waals surface area contributed by atoms with Crippen molar-refractivity contribution in [2.75, 3.05) is 25.1 Å². The number of carbonyl (C=O) groups is 2. The Bertz CT molecular complexity index is 351. The van der Waals surface area contributed by atoms with E-state index >= 15 is 0 Å². The van der Waals surface area contributed by atoms with Crippen molar-refractivity contribution in [3.8, 4) is 0 Å². The van der Waals surface area contributed by atoms with Crippen LogP contribution in [0.5, 0.6) is 0 Å². The summed E-state index contributed by atoms with van der Waals surface area (Å²) in [5.41, 5.74) is -0.743. The fraction of sp³-hybridized carbons (Fsp3) is 0.857. The second-order valence-electron chi connectivity index (χ2n) is 5.52. The number of carboxylic acids is 1. The van der Waals surface area contributed by atoms with Crippen molar-refractivity contribution in [2.45, 2.75) is 45.6 Å². The standard InChI is InChI=1S/C14H26N2O3S/c1-4-6-14(12(17)18)7-8-16(10-14)13(19)15-11(5-2)9-20-3/h11H,4-10H2,1-3H3,(H,15,19)(H,17,18). The monoisotopic (exact) mass is 302 g/mol. The maximum Gasteiger partial charge on any atom is 0.317 e. The number of hydrogen-bond acceptors (Lipinski definition) is 3. The fourth-order valence-electron chi connectivity index (χ4n) is 2.74. The third-order valence-electron chi connectivity index (χ3n) is 4.01. The van der Waals surface area contributed by atoms with Gasteiger partial charge in [0.25, 0.3) is 0 Å². The zero-order valence-electron chi connectivity index (χ0n) is 12.6. The highest BCUT2D eigenvalue weighted by Gasteiger charge is 2.45. The van der Waals surface area contributed by atoms with Gasteiger partial charge in [0, 0.05) is 24.9 Å². The van der Waals surface area contributed by atoms with Crippen LogP contribution in [0.25, 0.3) is 0 Å². The number of hydrogen-bond donors (Lipinski definition) is 2. The zero-order valence-corrected chi connectivity index (χ0v) is 13.5. The Balaban J connectivity index is 2.61. The molecule has 0 radical (unpaired) electrons. The number of thioether (sulfide) groups is 1. The molecule has 0 spiro atoms. The lowest BCUT2D eigenvalue weighted by atomic mass is 9.83. The van der Waals surface area contributed by atoms with Crippen molar-refractivity contribution < 1.29 is 14.7 Å². The molecule has 0 saturated carbocycles. The van der Waals surface area contributed by atoms with Crippen LogP contribution in [0.3, 0.4) is 0 Å². The van der Waals surface area contributed by atoms with E-state index in [4.69, 9.17) is 0 Å². The summed E-state index contributed by atoms with van der Waals surface area (Å²) in [6, 6.07) is 0.0358. The van der Waals surface area contributed by atoms with Gasteiger partial charge in [-0.3, -0.25) is 4.79 Å². The number of carboxylic acid groups (broad SMARTS) is 1. The van der Waals surface area contributed by atoms with Crippen molar-refractivity contribution >= 4 is 23.8 Å². The van der Waals surface area contributed by atoms with E-state index in [0.717, 1.165) is 18.6 Å². The van der Waals surface area contributed by atoms with Gasteiger partial charge < -0.3 is 15.3 Å². The quantitative estimate of drug-likeness (QED) is 0.758. The minimum atomic E-state index is -0.772. The molecule has 1 heterocycles. The first-order valence-electron chi connectivity index (χ1n) is 7.26. The smallest absolute Gasteiger partial charge is 0.317 e. The summed E-state index contributed by atoms with van der Waals surface area (Å²) in [6.07, 6.45) is 4.92. The van der Waals surface area contributed by atoms with Crippen LogP contribution >= 0.6 is 11.8 Å². The van der Waals surface area contributed by atoms with Gasteiger partial charge in [0.15, 0.2) is 0 Å². The Morgan fingerprint density at radius 2 is 2.15 bits per heavy atom. The largest absolute Gasteiger partial charge is 0.481 e. The van der Waals surface area contributed by atoms with E-state index in [0.29, 0.717) is 25.9 Å². The van der Waals surface area contributed by atoms with Crippen molar-refractivity contribution in [1.29, 1.82) is 0 Å². The maximum absolute atomic E-state index is 12.2. The molecule has 5 nitrogen and oxygen atoms in total. The molecule has 1 saturated heterocycles. The van der Waals surface area contributed by atoms with E-state index < -0.39 is 11.4 Å². The summed E-state index contributed by atoms with van der Waals surface area (Å²) >= 11 is 1.70. The number of rotatable bonds is 7. The number of aliphatic carboxylic acids is 1. The molecule has 0 bridgehead atoms. The van der Waals surface area contributed by atoms with Gasteiger partial charge in [-0.1, -0.05) is 20.3 Å². The zero-order chi connectivity index (χ0) is 15.2. The van der Waals surface area contributed by atoms with Gasteiger partial charge >= 0.3 is 12.0 Å². The molecule has 1 rings (SSSR count). The van der Waals surface area contributed by atoms with Crippen LogP contribution in [0.4, 0.5) is 4.79 Å². The molecule has 1 aliphatic heterocycles. The molecule has 0 aromatic carbocycles. The van der Waals surface area contributed by atoms with Crippen LogP contribution < -0.4 is 5.32 Å². The Labute approximate surface area is 125 Å². The fourth-order valence-corrected chi connectivity index (χ4v) is 3.46. The van der Waals surface area contributed by atoms with Crippen LogP contribution in [-0.2, 0) is 4.79 Å². The van der Waals surface area contributed by atoms with Crippen molar-refractivity contribution in [3.63, 3.8) is 0 Å². The number of nitrogens with one attached hydrogen (secondary N) is 1. The van der Waals surface area contributed by atoms with Crippen molar-refractivity contribution in [1.82, 2.24) is 10.2 Å². The molecule has 1 aliphatic rings. The molecule has 1 fully saturated rings. The molecule has 6 heteroatoms. The molecule has 2 atom stereocenters. The van der Waals surface area contributed by atoms with E-state index in [2.05, 4.69) is 5.32 Å². The lowest BCUT2D eigenvalue weighted by Crippen LogP contribution is -2.46. The maximum atomic E-state index is 12.2. The summed E-state index contributed by atoms with van der Waals surface area (Å²) in [6.45, 7) is 4.90. The van der Waals surface area contributed by atoms with Gasteiger partial charge in [-0.2, -0.15) is 11.8 Å². The lowest BCUT2D eigenvalue weighted by Gasteiger charge is -2.25. The average Bonchev–Trinajstić information content (AvgIpc) is 2.84. The summed E-state index contributed by atoms with van der Waals surface area (Å²) in [4.78, 5) is 25.4. The van der Waals surface area contributed by atoms with Crippen LogP contribution in [-0.4, -0.2) is 53.1 Å². The highest BCUT2D eigenvalue weighted by molar-refractivity contribution is 7.98. The summed E-state index contributed by atoms with van der Waals surface area (Å²) in [7, 11) is 0. The Morgan fingerprint density at radius 3 is 2.65 bits per heavy atom. The molecule has 0 aromatic rings. The number of urea groups is 1. The van der Waals surface area contributed by atoms with Gasteiger partial charge in [0.2, 0.25) is 0 Å². The molecule has 116 valence electrons. The second-order valence-corrected chi connectivity index (χ2v) is 6.43. The molecule has 2 unspecified atom stereocenters. The minimum absolute atomic E-state index is 0.120. The first-order valence-corrected chi connectivity index (χ1v) is 8.66. The number of carbonyl (C=O) groups excluding carboxylic acids is 1. The first-order chi connectivity index (χ1) is 9.49. The van der Waals surface area contributed by atoms with Gasteiger partial charge in [-0.15, -0.1) is 0 Å². The molecule has 2 N–H and O–H groups in total. The van der Waals surface area contributed by atoms with E-state index in [1.807, 2.05) is 20.1 Å². The van der Waals surface area contributed by atoms with E-state index in [1.165, 1.54) is 0 Å². The first kappa shape index (κ1) is 17.1. The normalized spacial score (nSPS) is 23.6. The van der Waals surface area contributed by atoms with E-state index in [1.54, 1.807) is 16.7 Å². The molecular formula is C14H26N2O3S. The van der Waals surface area contributed by atoms with Crippen LogP contribution in [0.2, 0.25) is 0 Å². The van der Waals surface area contributed by atoms with Gasteiger partial charge in [0.1, 0.15) is 0 Å². The van der Waals surface area contributed by atoms with E-state index in [9.17, 15) is 14.7 Å². The van der Waals surface area contributed by atoms with Crippen LogP contribution in [0.1, 0.15) is 39.5 Å². The highest BCUT2D eigenvalue weighted by Crippen LogP contribution is 2.35. The predicted molar refractivity (Wildman–Crippen MR) is 82.2 cm³/mol. The number of nitrogens with zero attached hydrogens (tertiary/aromatic N) is 1. The van der Waals surface area contributed by atoms with Crippen LogP contribution in [0.15, 0.2) is 0 Å². The number of amides is 2. The third kappa shape index (κ3) is 4.04. The molecule has 2 amide bonds. The topological polar surface area (TPSA) is 69.6 Å². The Hall–Kier alpha value is -0.910. The number of likely N-dealkylation sites (tertiary alicyclic amines) is 1. The van der Waals surface area contributed by atoms with Gasteiger partial charge in [0.05, 0.1) is 5.41 Å². The lowest BCUT2D eigenvalue weighted by molar-refractivity contribution is -0.148. The predicted octanol–water partition coefficient (Wildman–Crippen LogP) is 2.41. The SMILES string of the molecule is CCCC1(C(=O)O)CCN(C(=O)NC(CC)CSC)C1. The third-order valence-corrected chi connectivity index (χ3v) is 4.75. The molecular weight excluding hydrogens is 276 g/mol. The minimum Gasteiger partial charge on any atom is -0.481 e. The second kappa shape index (κ2) is 7.76. The average molecular weight is 302 g/mol. The van der Waals surface area contributed by atoms with E-state index in [-0.39, 0.29) is 12.1 Å². The van der Waals surface area contributed by atoms with Gasteiger partial charge in [-0.25, -0.2) is 4.79 Å². The molecule has 0 aliphatic carbocycles. The molecule has 0 aromatic heterocycles. The molecule has 20 heavy (non-hydrogen) atoms. The Morgan fingerprint density at radius 1 is 1.45 bits per heavy atom. The summed E-state index contributed by atoms with van der Waals surface area (Å²) in [5.74, 6) is 0.112. The Kier molecular flexibility index (Phi) is 6.65. The van der Waals surface area contributed by atoms with Crippen molar-refractivity contribution in [3.05, 3.63) is 0 Å². The van der Waals surface area contributed by atoms with Crippen LogP contribution in [0, 0.1) is 5.41 Å². The highest BCUT2D eigenvalue weighted by atomic mass is 32.2. The summed E-state index contributed by atoms with van der Waals surface area (Å²) < 4.78 is 0. The van der Waals surface area contributed by atoms with Crippen molar-refractivity contribution in [2.24, 2.45) is 5.41 Å². The van der Waals surface area contributed by atoms with Gasteiger partial charge in [-0.05, 0) is 25.5 Å².